The van der Waals surface area contributed by atoms with Crippen LogP contribution in [0.1, 0.15) is 32.4 Å². The number of carbonyl (C=O) groups excluding carboxylic acids is 1. The molecule has 1 unspecified atom stereocenters. The maximum atomic E-state index is 13.4. The van der Waals surface area contributed by atoms with E-state index in [0.29, 0.717) is 18.8 Å². The second-order valence-electron chi connectivity index (χ2n) is 6.26. The minimum atomic E-state index is -0.255. The Kier molecular flexibility index (Phi) is 7.16. The van der Waals surface area contributed by atoms with E-state index in [4.69, 9.17) is 0 Å². The number of carbonyl (C=O) groups is 1. The molecule has 3 nitrogen and oxygen atoms in total. The SMILES string of the molecule is CC(C)(C)SCC(=O)N1CCNCC1c1cccc(F)c1.Cl. The highest BCUT2D eigenvalue weighted by Crippen LogP contribution is 2.27. The van der Waals surface area contributed by atoms with E-state index in [1.807, 2.05) is 11.0 Å². The van der Waals surface area contributed by atoms with Crippen LogP contribution < -0.4 is 5.32 Å². The van der Waals surface area contributed by atoms with E-state index in [1.54, 1.807) is 17.8 Å². The molecule has 1 amide bonds. The summed E-state index contributed by atoms with van der Waals surface area (Å²) in [7, 11) is 0. The number of amides is 1. The molecule has 1 atom stereocenters. The van der Waals surface area contributed by atoms with Gasteiger partial charge >= 0.3 is 0 Å². The lowest BCUT2D eigenvalue weighted by Crippen LogP contribution is -2.49. The van der Waals surface area contributed by atoms with Gasteiger partial charge in [-0.15, -0.1) is 24.2 Å². The predicted octanol–water partition coefficient (Wildman–Crippen LogP) is 3.25. The number of piperazine rings is 1. The Labute approximate surface area is 142 Å². The third kappa shape index (κ3) is 5.45. The summed E-state index contributed by atoms with van der Waals surface area (Å²) in [6.07, 6.45) is 0. The van der Waals surface area contributed by atoms with Gasteiger partial charge in [0.15, 0.2) is 0 Å². The van der Waals surface area contributed by atoms with Gasteiger partial charge < -0.3 is 10.2 Å². The van der Waals surface area contributed by atoms with E-state index in [1.165, 1.54) is 12.1 Å². The van der Waals surface area contributed by atoms with E-state index in [-0.39, 0.29) is 34.9 Å². The van der Waals surface area contributed by atoms with Gasteiger partial charge in [-0.2, -0.15) is 0 Å². The Hall–Kier alpha value is -0.780. The first-order chi connectivity index (χ1) is 9.87. The van der Waals surface area contributed by atoms with Crippen molar-refractivity contribution in [3.05, 3.63) is 35.6 Å². The summed E-state index contributed by atoms with van der Waals surface area (Å²) >= 11 is 1.65. The Morgan fingerprint density at radius 2 is 2.18 bits per heavy atom. The monoisotopic (exact) mass is 346 g/mol. The van der Waals surface area contributed by atoms with Crippen LogP contribution in [0, 0.1) is 5.82 Å². The molecule has 1 aliphatic rings. The first kappa shape index (κ1) is 19.3. The molecular weight excluding hydrogens is 323 g/mol. The fourth-order valence-electron chi connectivity index (χ4n) is 2.38. The maximum absolute atomic E-state index is 13.4. The van der Waals surface area contributed by atoms with Gasteiger partial charge in [-0.3, -0.25) is 4.79 Å². The molecule has 2 rings (SSSR count). The molecule has 22 heavy (non-hydrogen) atoms. The molecule has 1 aromatic rings. The van der Waals surface area contributed by atoms with Crippen molar-refractivity contribution in [3.63, 3.8) is 0 Å². The maximum Gasteiger partial charge on any atom is 0.233 e. The van der Waals surface area contributed by atoms with E-state index in [0.717, 1.165) is 12.1 Å². The minimum absolute atomic E-state index is 0. The molecule has 0 saturated carbocycles. The van der Waals surface area contributed by atoms with Crippen molar-refractivity contribution >= 4 is 30.1 Å². The number of thioether (sulfide) groups is 1. The van der Waals surface area contributed by atoms with Gasteiger partial charge in [-0.25, -0.2) is 4.39 Å². The first-order valence-electron chi connectivity index (χ1n) is 7.26. The van der Waals surface area contributed by atoms with Crippen LogP contribution in [0.3, 0.4) is 0 Å². The van der Waals surface area contributed by atoms with Crippen molar-refractivity contribution in [2.75, 3.05) is 25.4 Å². The van der Waals surface area contributed by atoms with E-state index < -0.39 is 0 Å². The molecule has 0 bridgehead atoms. The molecule has 6 heteroatoms. The van der Waals surface area contributed by atoms with Gasteiger partial charge in [0.1, 0.15) is 5.82 Å². The van der Waals surface area contributed by atoms with Crippen molar-refractivity contribution in [2.45, 2.75) is 31.6 Å². The molecule has 1 aromatic carbocycles. The van der Waals surface area contributed by atoms with Crippen LogP contribution in [0.25, 0.3) is 0 Å². The molecule has 0 aliphatic carbocycles. The molecule has 1 N–H and O–H groups in total. The number of benzene rings is 1. The van der Waals surface area contributed by atoms with E-state index >= 15 is 0 Å². The zero-order valence-corrected chi connectivity index (χ0v) is 14.9. The number of nitrogens with zero attached hydrogens (tertiary/aromatic N) is 1. The molecular formula is C16H24ClFN2OS. The Morgan fingerprint density at radius 3 is 2.82 bits per heavy atom. The van der Waals surface area contributed by atoms with E-state index in [2.05, 4.69) is 26.1 Å². The number of halogens is 2. The van der Waals surface area contributed by atoms with Crippen LogP contribution in [0.4, 0.5) is 4.39 Å². The van der Waals surface area contributed by atoms with Crippen LogP contribution in [0.2, 0.25) is 0 Å². The fraction of sp³-hybridized carbons (Fsp3) is 0.562. The van der Waals surface area contributed by atoms with Crippen molar-refractivity contribution in [3.8, 4) is 0 Å². The van der Waals surface area contributed by atoms with Crippen LogP contribution >= 0.6 is 24.2 Å². The van der Waals surface area contributed by atoms with Gasteiger partial charge in [-0.1, -0.05) is 32.9 Å². The quantitative estimate of drug-likeness (QED) is 0.911. The number of nitrogens with one attached hydrogen (secondary N) is 1. The third-order valence-corrected chi connectivity index (χ3v) is 4.68. The number of rotatable bonds is 3. The third-order valence-electron chi connectivity index (χ3n) is 3.43. The van der Waals surface area contributed by atoms with E-state index in [9.17, 15) is 9.18 Å². The first-order valence-corrected chi connectivity index (χ1v) is 8.25. The Bertz CT molecular complexity index is 507. The fourth-order valence-corrected chi connectivity index (χ4v) is 3.10. The summed E-state index contributed by atoms with van der Waals surface area (Å²) in [4.78, 5) is 14.4. The highest BCUT2D eigenvalue weighted by atomic mass is 35.5. The molecule has 1 heterocycles. The summed E-state index contributed by atoms with van der Waals surface area (Å²) in [6.45, 7) is 8.45. The van der Waals surface area contributed by atoms with Crippen LogP contribution in [-0.4, -0.2) is 40.9 Å². The van der Waals surface area contributed by atoms with Crippen LogP contribution in [0.5, 0.6) is 0 Å². The summed E-state index contributed by atoms with van der Waals surface area (Å²) < 4.78 is 13.5. The average molecular weight is 347 g/mol. The highest BCUT2D eigenvalue weighted by Gasteiger charge is 2.28. The van der Waals surface area contributed by atoms with Gasteiger partial charge in [0.2, 0.25) is 5.91 Å². The van der Waals surface area contributed by atoms with Crippen LogP contribution in [0.15, 0.2) is 24.3 Å². The zero-order chi connectivity index (χ0) is 15.5. The molecule has 1 aliphatic heterocycles. The van der Waals surface area contributed by atoms with Crippen molar-refractivity contribution in [2.24, 2.45) is 0 Å². The summed E-state index contributed by atoms with van der Waals surface area (Å²) in [6, 6.07) is 6.46. The standard InChI is InChI=1S/C16H23FN2OS.ClH/c1-16(2,3)21-11-15(20)19-8-7-18-10-14(19)12-5-4-6-13(17)9-12;/h4-6,9,14,18H,7-8,10-11H2,1-3H3;1H. The lowest BCUT2D eigenvalue weighted by Gasteiger charge is -2.37. The summed E-state index contributed by atoms with van der Waals surface area (Å²) in [5.74, 6) is 0.343. The Balaban J connectivity index is 0.00000242. The molecule has 0 spiro atoms. The smallest absolute Gasteiger partial charge is 0.233 e. The second kappa shape index (κ2) is 8.18. The van der Waals surface area contributed by atoms with Crippen LogP contribution in [-0.2, 0) is 4.79 Å². The van der Waals surface area contributed by atoms with Crippen molar-refractivity contribution in [1.29, 1.82) is 0 Å². The molecule has 1 saturated heterocycles. The normalized spacial score (nSPS) is 18.7. The predicted molar refractivity (Wildman–Crippen MR) is 93.2 cm³/mol. The highest BCUT2D eigenvalue weighted by molar-refractivity contribution is 8.01. The topological polar surface area (TPSA) is 32.3 Å². The summed E-state index contributed by atoms with van der Waals surface area (Å²) in [5.41, 5.74) is 0.858. The Morgan fingerprint density at radius 1 is 1.45 bits per heavy atom. The zero-order valence-electron chi connectivity index (χ0n) is 13.3. The van der Waals surface area contributed by atoms with Crippen molar-refractivity contribution in [1.82, 2.24) is 10.2 Å². The van der Waals surface area contributed by atoms with Gasteiger partial charge in [0.05, 0.1) is 11.8 Å². The average Bonchev–Trinajstić information content (AvgIpc) is 2.44. The van der Waals surface area contributed by atoms with Gasteiger partial charge in [0, 0.05) is 24.4 Å². The number of hydrogen-bond acceptors (Lipinski definition) is 3. The number of hydrogen-bond donors (Lipinski definition) is 1. The molecule has 1 fully saturated rings. The lowest BCUT2D eigenvalue weighted by atomic mass is 10.0. The lowest BCUT2D eigenvalue weighted by molar-refractivity contribution is -0.131. The minimum Gasteiger partial charge on any atom is -0.332 e. The molecule has 124 valence electrons. The molecule has 0 radical (unpaired) electrons. The van der Waals surface area contributed by atoms with Gasteiger partial charge in [-0.05, 0) is 17.7 Å². The van der Waals surface area contributed by atoms with Gasteiger partial charge in [0.25, 0.3) is 0 Å². The largest absolute Gasteiger partial charge is 0.332 e. The molecule has 0 aromatic heterocycles. The second-order valence-corrected chi connectivity index (χ2v) is 8.07. The van der Waals surface area contributed by atoms with Crippen molar-refractivity contribution < 1.29 is 9.18 Å². The summed E-state index contributed by atoms with van der Waals surface area (Å²) in [5, 5.41) is 3.29.